The fourth-order valence-electron chi connectivity index (χ4n) is 1.79. The predicted molar refractivity (Wildman–Crippen MR) is 82.3 cm³/mol. The molecule has 0 spiro atoms. The number of thioether (sulfide) groups is 1. The number of nitrogens with zero attached hydrogens (tertiary/aromatic N) is 3. The van der Waals surface area contributed by atoms with Gasteiger partial charge in [-0.05, 0) is 6.07 Å². The number of nitro groups is 1. The Hall–Kier alpha value is -0.650. The Morgan fingerprint density at radius 3 is 2.65 bits per heavy atom. The summed E-state index contributed by atoms with van der Waals surface area (Å²) in [4.78, 5) is 22.2. The number of carbonyl (C=O) groups excluding carboxylic acids is 1. The van der Waals surface area contributed by atoms with Crippen molar-refractivity contribution in [1.82, 2.24) is 14.1 Å². The number of hydrogen-bond donors (Lipinski definition) is 1. The predicted octanol–water partition coefficient (Wildman–Crippen LogP) is 1.14. The van der Waals surface area contributed by atoms with E-state index in [0.717, 1.165) is 11.7 Å². The van der Waals surface area contributed by atoms with Crippen molar-refractivity contribution in [3.05, 3.63) is 27.8 Å². The molecule has 98 valence electrons. The molecule has 2 heterocycles. The monoisotopic (exact) mass is 336 g/mol. The molecule has 1 unspecified atom stereocenters. The van der Waals surface area contributed by atoms with Gasteiger partial charge in [-0.1, -0.05) is 24.0 Å². The normalized spacial score (nSPS) is 17.9. The van der Waals surface area contributed by atoms with Crippen LogP contribution in [0.2, 0.25) is 0 Å². The second kappa shape index (κ2) is 6.00. The van der Waals surface area contributed by atoms with Gasteiger partial charge in [0.05, 0.1) is 16.7 Å². The molecule has 1 aromatic heterocycles. The van der Waals surface area contributed by atoms with Gasteiger partial charge in [0.1, 0.15) is 15.1 Å². The van der Waals surface area contributed by atoms with Crippen LogP contribution in [0.15, 0.2) is 12.1 Å². The van der Waals surface area contributed by atoms with Crippen molar-refractivity contribution in [3.8, 4) is 0 Å². The molecule has 1 saturated heterocycles. The van der Waals surface area contributed by atoms with Crippen LogP contribution in [0.4, 0.5) is 5.69 Å². The quantitative estimate of drug-likeness (QED) is 0.380. The maximum atomic E-state index is 11.8. The summed E-state index contributed by atoms with van der Waals surface area (Å²) < 4.78 is 8.38. The first kappa shape index (κ1) is 15.7. The van der Waals surface area contributed by atoms with Crippen LogP contribution < -0.4 is 5.32 Å². The van der Waals surface area contributed by atoms with Crippen LogP contribution in [0.5, 0.6) is 0 Å². The summed E-state index contributed by atoms with van der Waals surface area (Å²) in [5, 5.41) is 12.9. The molecule has 1 fully saturated rings. The van der Waals surface area contributed by atoms with E-state index < -0.39 is 10.2 Å². The Balaban J connectivity index is 0.00000147. The molecule has 11 heteroatoms. The Kier molecular flexibility index (Phi) is 4.72. The fraction of sp³-hybridized carbons (Fsp3) is 0.111. The van der Waals surface area contributed by atoms with E-state index in [1.807, 2.05) is 0 Å². The Morgan fingerprint density at radius 2 is 2.05 bits per heavy atom. The number of nitrogens with one attached hydrogen (secondary N) is 1. The van der Waals surface area contributed by atoms with Crippen LogP contribution in [-0.2, 0) is 4.79 Å². The first-order chi connectivity index (χ1) is 9.08. The molecular formula is C9H5N4NaO3S3. The first-order valence-electron chi connectivity index (χ1n) is 4.99. The van der Waals surface area contributed by atoms with Gasteiger partial charge in [0, 0.05) is 11.6 Å². The topological polar surface area (TPSA) is 98.0 Å². The van der Waals surface area contributed by atoms with Gasteiger partial charge in [-0.25, -0.2) is 0 Å². The molecule has 7 nitrogen and oxygen atoms in total. The zero-order chi connectivity index (χ0) is 13.6. The van der Waals surface area contributed by atoms with Gasteiger partial charge in [0.25, 0.3) is 5.69 Å². The molecule has 1 N–H and O–H groups in total. The minimum absolute atomic E-state index is 0. The third kappa shape index (κ3) is 2.59. The molecule has 1 amide bonds. The Bertz CT molecular complexity index is 734. The van der Waals surface area contributed by atoms with Crippen LogP contribution in [0.1, 0.15) is 10.8 Å². The van der Waals surface area contributed by atoms with Crippen LogP contribution in [0.25, 0.3) is 11.0 Å². The zero-order valence-electron chi connectivity index (χ0n) is 9.02. The summed E-state index contributed by atoms with van der Waals surface area (Å²) in [6, 6.07) is 2.88. The van der Waals surface area contributed by atoms with Crippen LogP contribution in [0.3, 0.4) is 0 Å². The van der Waals surface area contributed by atoms with Crippen molar-refractivity contribution in [3.63, 3.8) is 0 Å². The molecule has 1 atom stereocenters. The van der Waals surface area contributed by atoms with Crippen LogP contribution >= 0.6 is 35.7 Å². The molecule has 20 heavy (non-hydrogen) atoms. The summed E-state index contributed by atoms with van der Waals surface area (Å²) in [5.41, 5.74) is 1.07. The molecular weight excluding hydrogens is 331 g/mol. The molecule has 1 aromatic carbocycles. The van der Waals surface area contributed by atoms with Crippen LogP contribution in [0, 0.1) is 10.1 Å². The number of carbonyl (C=O) groups is 1. The summed E-state index contributed by atoms with van der Waals surface area (Å²) in [6.45, 7) is 0. The van der Waals surface area contributed by atoms with E-state index in [4.69, 9.17) is 12.2 Å². The molecule has 1 aliphatic rings. The fourth-order valence-corrected chi connectivity index (χ4v) is 3.61. The van der Waals surface area contributed by atoms with Crippen molar-refractivity contribution in [2.75, 3.05) is 0 Å². The SMILES string of the molecule is O=C1NC(=S)SC1c1ccc([N+](=O)[O-])c2nsnc12.[NaH]. The van der Waals surface area contributed by atoms with Gasteiger partial charge in [-0.2, -0.15) is 8.75 Å². The zero-order valence-corrected chi connectivity index (χ0v) is 11.5. The second-order valence-electron chi connectivity index (χ2n) is 3.67. The average Bonchev–Trinajstić information content (AvgIpc) is 2.94. The van der Waals surface area contributed by atoms with Crippen molar-refractivity contribution in [1.29, 1.82) is 0 Å². The summed E-state index contributed by atoms with van der Waals surface area (Å²) in [6.07, 6.45) is 0. The molecule has 0 bridgehead atoms. The number of thiocarbonyl (C=S) groups is 1. The third-order valence-electron chi connectivity index (χ3n) is 2.59. The van der Waals surface area contributed by atoms with E-state index in [-0.39, 0.29) is 46.7 Å². The number of rotatable bonds is 2. The van der Waals surface area contributed by atoms with E-state index in [0.29, 0.717) is 15.4 Å². The Morgan fingerprint density at radius 1 is 1.35 bits per heavy atom. The van der Waals surface area contributed by atoms with Gasteiger partial charge < -0.3 is 5.32 Å². The number of amides is 1. The van der Waals surface area contributed by atoms with E-state index in [9.17, 15) is 14.9 Å². The van der Waals surface area contributed by atoms with E-state index in [1.165, 1.54) is 23.9 Å². The van der Waals surface area contributed by atoms with E-state index in [2.05, 4.69) is 14.1 Å². The van der Waals surface area contributed by atoms with Gasteiger partial charge in [0.2, 0.25) is 5.91 Å². The summed E-state index contributed by atoms with van der Waals surface area (Å²) in [5.74, 6) is -0.238. The first-order valence-corrected chi connectivity index (χ1v) is 7.01. The number of fused-ring (bicyclic) bond motifs is 1. The third-order valence-corrected chi connectivity index (χ3v) is 4.53. The van der Waals surface area contributed by atoms with Gasteiger partial charge in [-0.3, -0.25) is 14.9 Å². The van der Waals surface area contributed by atoms with Gasteiger partial charge >= 0.3 is 29.6 Å². The minimum atomic E-state index is -0.528. The van der Waals surface area contributed by atoms with Crippen molar-refractivity contribution in [2.45, 2.75) is 5.25 Å². The number of nitro benzene ring substituents is 1. The Labute approximate surface area is 148 Å². The second-order valence-corrected chi connectivity index (χ2v) is 5.98. The van der Waals surface area contributed by atoms with Crippen molar-refractivity contribution in [2.24, 2.45) is 0 Å². The number of non-ortho nitro benzene ring substituents is 1. The number of hydrogen-bond acceptors (Lipinski definition) is 8. The maximum absolute atomic E-state index is 11.8. The van der Waals surface area contributed by atoms with Gasteiger partial charge in [0.15, 0.2) is 5.52 Å². The molecule has 3 rings (SSSR count). The molecule has 0 saturated carbocycles. The molecule has 2 aromatic rings. The van der Waals surface area contributed by atoms with E-state index in [1.54, 1.807) is 0 Å². The summed E-state index contributed by atoms with van der Waals surface area (Å²) in [7, 11) is 0. The van der Waals surface area contributed by atoms with Crippen LogP contribution in [-0.4, -0.2) is 53.5 Å². The van der Waals surface area contributed by atoms with E-state index >= 15 is 0 Å². The molecule has 1 aliphatic heterocycles. The average molecular weight is 336 g/mol. The van der Waals surface area contributed by atoms with Gasteiger partial charge in [-0.15, -0.1) is 0 Å². The van der Waals surface area contributed by atoms with Crippen molar-refractivity contribution >= 4 is 92.2 Å². The van der Waals surface area contributed by atoms with Crippen molar-refractivity contribution < 1.29 is 9.72 Å². The summed E-state index contributed by atoms with van der Waals surface area (Å²) >= 11 is 7.01. The standard InChI is InChI=1S/C9H4N4O3S3.Na.H/c14-8-7(18-9(17)10-8)3-1-2-4(13(15)16)6-5(3)11-19-12-6;;/h1-2,7H,(H,10,14,17);;. The molecule has 0 radical (unpaired) electrons. The number of benzene rings is 1. The number of aromatic nitrogens is 2. The molecule has 0 aliphatic carbocycles.